The minimum atomic E-state index is -3.73. The summed E-state index contributed by atoms with van der Waals surface area (Å²) < 4.78 is 38.6. The quantitative estimate of drug-likeness (QED) is 0.471. The Balaban J connectivity index is 2.12. The van der Waals surface area contributed by atoms with Crippen molar-refractivity contribution in [1.29, 1.82) is 0 Å². The third kappa shape index (κ3) is 5.39. The molecule has 0 aliphatic carbocycles. The lowest BCUT2D eigenvalue weighted by Gasteiger charge is -2.25. The second-order valence-electron chi connectivity index (χ2n) is 6.74. The molecule has 0 aliphatic heterocycles. The minimum Gasteiger partial charge on any atom is -0.496 e. The second kappa shape index (κ2) is 9.15. The number of benzene rings is 2. The summed E-state index contributed by atoms with van der Waals surface area (Å²) in [5, 5.41) is 8.88. The molecule has 0 aromatic heterocycles. The highest BCUT2D eigenvalue weighted by Gasteiger charge is 2.43. The molecule has 0 bridgehead atoms. The summed E-state index contributed by atoms with van der Waals surface area (Å²) in [5.74, 6) is 1.35. The van der Waals surface area contributed by atoms with E-state index in [4.69, 9.17) is 19.4 Å². The number of hydroxylamine groups is 1. The molecule has 0 saturated heterocycles. The van der Waals surface area contributed by atoms with Gasteiger partial charge < -0.3 is 14.2 Å². The zero-order chi connectivity index (χ0) is 21.7. The van der Waals surface area contributed by atoms with E-state index in [9.17, 15) is 13.2 Å². The first-order chi connectivity index (χ1) is 13.6. The van der Waals surface area contributed by atoms with E-state index >= 15 is 0 Å². The third-order valence-electron chi connectivity index (χ3n) is 4.77. The van der Waals surface area contributed by atoms with Crippen molar-refractivity contribution < 1.29 is 32.6 Å². The Labute approximate surface area is 170 Å². The Morgan fingerprint density at radius 1 is 1.00 bits per heavy atom. The normalized spacial score (nSPS) is 13.3. The fraction of sp³-hybridized carbons (Fsp3) is 0.350. The van der Waals surface area contributed by atoms with E-state index in [1.54, 1.807) is 56.7 Å². The van der Waals surface area contributed by atoms with Gasteiger partial charge in [0.2, 0.25) is 0 Å². The van der Waals surface area contributed by atoms with Crippen molar-refractivity contribution in [1.82, 2.24) is 5.48 Å². The van der Waals surface area contributed by atoms with Gasteiger partial charge in [0.25, 0.3) is 5.91 Å². The van der Waals surface area contributed by atoms with Gasteiger partial charge in [0.1, 0.15) is 27.7 Å². The van der Waals surface area contributed by atoms with Crippen molar-refractivity contribution in [2.45, 2.75) is 24.5 Å². The van der Waals surface area contributed by atoms with E-state index in [2.05, 4.69) is 0 Å². The molecule has 8 nitrogen and oxygen atoms in total. The summed E-state index contributed by atoms with van der Waals surface area (Å²) in [4.78, 5) is 11.9. The lowest BCUT2D eigenvalue weighted by atomic mass is 9.99. The fourth-order valence-electron chi connectivity index (χ4n) is 2.67. The molecule has 29 heavy (non-hydrogen) atoms. The number of aryl methyl sites for hydroxylation is 1. The van der Waals surface area contributed by atoms with Gasteiger partial charge in [0.15, 0.2) is 9.84 Å². The van der Waals surface area contributed by atoms with E-state index in [0.29, 0.717) is 29.4 Å². The standard InChI is InChI=1S/C20H25NO7S/c1-20(19(22)21-23,29(4,24)25)10-9-14-5-7-15(8-6-14)28-18-12-16(26-2)11-17(13-18)27-3/h5-8,11-13,23H,9-10H2,1-4H3,(H,21,22). The van der Waals surface area contributed by atoms with Gasteiger partial charge in [-0.3, -0.25) is 10.0 Å². The van der Waals surface area contributed by atoms with Crippen LogP contribution in [0.3, 0.4) is 0 Å². The van der Waals surface area contributed by atoms with Crippen molar-refractivity contribution in [2.75, 3.05) is 20.5 Å². The Morgan fingerprint density at radius 3 is 1.97 bits per heavy atom. The summed E-state index contributed by atoms with van der Waals surface area (Å²) in [6.45, 7) is 1.29. The molecule has 1 atom stereocenters. The first-order valence-corrected chi connectivity index (χ1v) is 10.7. The van der Waals surface area contributed by atoms with E-state index < -0.39 is 20.5 Å². The van der Waals surface area contributed by atoms with Crippen molar-refractivity contribution in [3.63, 3.8) is 0 Å². The number of carbonyl (C=O) groups excluding carboxylic acids is 1. The van der Waals surface area contributed by atoms with Gasteiger partial charge in [0.05, 0.1) is 14.2 Å². The van der Waals surface area contributed by atoms with Crippen LogP contribution in [0.2, 0.25) is 0 Å². The average Bonchev–Trinajstić information content (AvgIpc) is 2.71. The van der Waals surface area contributed by atoms with Crippen LogP contribution < -0.4 is 19.7 Å². The van der Waals surface area contributed by atoms with Gasteiger partial charge in [-0.1, -0.05) is 12.1 Å². The lowest BCUT2D eigenvalue weighted by molar-refractivity contribution is -0.131. The van der Waals surface area contributed by atoms with Crippen molar-refractivity contribution >= 4 is 15.7 Å². The monoisotopic (exact) mass is 423 g/mol. The molecular formula is C20H25NO7S. The minimum absolute atomic E-state index is 0.0194. The molecule has 2 aromatic carbocycles. The summed E-state index contributed by atoms with van der Waals surface area (Å²) in [6.07, 6.45) is 1.32. The van der Waals surface area contributed by atoms with Crippen LogP contribution in [0.4, 0.5) is 0 Å². The molecule has 2 N–H and O–H groups in total. The summed E-state index contributed by atoms with van der Waals surface area (Å²) in [6, 6.07) is 12.2. The van der Waals surface area contributed by atoms with E-state index in [1.807, 2.05) is 0 Å². The van der Waals surface area contributed by atoms with E-state index in [-0.39, 0.29) is 6.42 Å². The van der Waals surface area contributed by atoms with Gasteiger partial charge in [-0.2, -0.15) is 0 Å². The Kier molecular flexibility index (Phi) is 7.10. The van der Waals surface area contributed by atoms with Crippen LogP contribution in [0.25, 0.3) is 0 Å². The maximum Gasteiger partial charge on any atom is 0.264 e. The largest absolute Gasteiger partial charge is 0.496 e. The topological polar surface area (TPSA) is 111 Å². The SMILES string of the molecule is COc1cc(OC)cc(Oc2ccc(CCC(C)(C(=O)NO)S(C)(=O)=O)cc2)c1. The van der Waals surface area contributed by atoms with Crippen LogP contribution in [0.5, 0.6) is 23.0 Å². The molecule has 0 spiro atoms. The van der Waals surface area contributed by atoms with Crippen LogP contribution in [0.1, 0.15) is 18.9 Å². The van der Waals surface area contributed by atoms with Gasteiger partial charge in [0, 0.05) is 24.5 Å². The molecule has 2 rings (SSSR count). The summed E-state index contributed by atoms with van der Waals surface area (Å²) in [5.41, 5.74) is 2.27. The second-order valence-corrected chi connectivity index (χ2v) is 9.18. The molecule has 0 heterocycles. The molecule has 2 aromatic rings. The number of hydrogen-bond donors (Lipinski definition) is 2. The highest BCUT2D eigenvalue weighted by atomic mass is 32.2. The fourth-order valence-corrected chi connectivity index (χ4v) is 3.52. The van der Waals surface area contributed by atoms with Crippen LogP contribution in [0, 0.1) is 0 Å². The summed E-state index contributed by atoms with van der Waals surface area (Å²) in [7, 11) is -0.628. The zero-order valence-corrected chi connectivity index (χ0v) is 17.6. The molecule has 0 aliphatic rings. The van der Waals surface area contributed by atoms with E-state index in [0.717, 1.165) is 11.8 Å². The predicted octanol–water partition coefficient (Wildman–Crippen LogP) is 2.74. The highest BCUT2D eigenvalue weighted by molar-refractivity contribution is 7.92. The maximum atomic E-state index is 12.0. The number of ether oxygens (including phenoxy) is 3. The Bertz CT molecular complexity index is 935. The molecule has 0 fully saturated rings. The van der Waals surface area contributed by atoms with Crippen LogP contribution >= 0.6 is 0 Å². The first kappa shape index (κ1) is 22.5. The third-order valence-corrected chi connectivity index (χ3v) is 6.80. The molecular weight excluding hydrogens is 398 g/mol. The van der Waals surface area contributed by atoms with Gasteiger partial charge >= 0.3 is 0 Å². The number of nitrogens with one attached hydrogen (secondary N) is 1. The number of methoxy groups -OCH3 is 2. The van der Waals surface area contributed by atoms with Crippen molar-refractivity contribution in [3.05, 3.63) is 48.0 Å². The van der Waals surface area contributed by atoms with Crippen LogP contribution in [-0.4, -0.2) is 44.8 Å². The van der Waals surface area contributed by atoms with Gasteiger partial charge in [-0.25, -0.2) is 13.9 Å². The smallest absolute Gasteiger partial charge is 0.264 e. The number of amides is 1. The number of hydrogen-bond acceptors (Lipinski definition) is 7. The van der Waals surface area contributed by atoms with Crippen LogP contribution in [0.15, 0.2) is 42.5 Å². The first-order valence-electron chi connectivity index (χ1n) is 8.77. The maximum absolute atomic E-state index is 12.0. The highest BCUT2D eigenvalue weighted by Crippen LogP contribution is 2.31. The number of sulfone groups is 1. The summed E-state index contributed by atoms with van der Waals surface area (Å²) >= 11 is 0. The Morgan fingerprint density at radius 2 is 1.52 bits per heavy atom. The van der Waals surface area contributed by atoms with Gasteiger partial charge in [-0.15, -0.1) is 0 Å². The zero-order valence-electron chi connectivity index (χ0n) is 16.8. The molecule has 158 valence electrons. The van der Waals surface area contributed by atoms with Crippen LogP contribution in [-0.2, 0) is 21.1 Å². The number of rotatable bonds is 9. The van der Waals surface area contributed by atoms with Crippen molar-refractivity contribution in [3.8, 4) is 23.0 Å². The molecule has 0 saturated carbocycles. The number of carbonyl (C=O) groups is 1. The molecule has 1 amide bonds. The lowest BCUT2D eigenvalue weighted by Crippen LogP contribution is -2.49. The predicted molar refractivity (Wildman–Crippen MR) is 108 cm³/mol. The Hall–Kier alpha value is -2.78. The van der Waals surface area contributed by atoms with Gasteiger partial charge in [-0.05, 0) is 37.5 Å². The average molecular weight is 423 g/mol. The molecule has 1 unspecified atom stereocenters. The molecule has 0 radical (unpaired) electrons. The van der Waals surface area contributed by atoms with E-state index in [1.165, 1.54) is 12.4 Å². The molecule has 9 heteroatoms. The van der Waals surface area contributed by atoms with Crippen molar-refractivity contribution in [2.24, 2.45) is 0 Å².